The van der Waals surface area contributed by atoms with Crippen LogP contribution >= 0.6 is 0 Å². The molecule has 55 heavy (non-hydrogen) atoms. The third kappa shape index (κ3) is 5.28. The molecule has 0 saturated carbocycles. The topological polar surface area (TPSA) is 38.9 Å². The molecular weight excluding hydrogens is 669 g/mol. The lowest BCUT2D eigenvalue weighted by atomic mass is 9.90. The first-order valence-electron chi connectivity index (χ1n) is 18.6. The Morgan fingerprint density at radius 1 is 0.291 bits per heavy atom. The number of aromatic nitrogens is 2. The van der Waals surface area contributed by atoms with E-state index in [2.05, 4.69) is 169 Å². The molecule has 3 heteroatoms. The maximum Gasteiger partial charge on any atom is 0.136 e. The van der Waals surface area contributed by atoms with Crippen molar-refractivity contribution in [2.45, 2.75) is 0 Å². The second kappa shape index (κ2) is 12.6. The molecule has 0 saturated heterocycles. The lowest BCUT2D eigenvalue weighted by molar-refractivity contribution is 0.669. The summed E-state index contributed by atoms with van der Waals surface area (Å²) in [7, 11) is 0. The fourth-order valence-corrected chi connectivity index (χ4v) is 8.24. The number of para-hydroxylation sites is 1. The van der Waals surface area contributed by atoms with Crippen LogP contribution in [0.25, 0.3) is 110 Å². The van der Waals surface area contributed by atoms with Gasteiger partial charge in [0.1, 0.15) is 11.2 Å². The first-order chi connectivity index (χ1) is 27.2. The Kier molecular flexibility index (Phi) is 7.17. The minimum atomic E-state index is 0.918. The molecule has 11 rings (SSSR count). The average Bonchev–Trinajstić information content (AvgIpc) is 3.66. The largest absolute Gasteiger partial charge is 0.456 e. The second-order valence-corrected chi connectivity index (χ2v) is 14.1. The van der Waals surface area contributed by atoms with Crippen molar-refractivity contribution in [3.8, 4) is 56.0 Å². The maximum atomic E-state index is 6.31. The summed E-state index contributed by atoms with van der Waals surface area (Å²) in [5.41, 5.74) is 12.5. The molecule has 0 bridgehead atoms. The third-order valence-corrected chi connectivity index (χ3v) is 10.9. The molecule has 3 nitrogen and oxygen atoms in total. The van der Waals surface area contributed by atoms with Crippen molar-refractivity contribution in [1.82, 2.24) is 9.97 Å². The Morgan fingerprint density at radius 3 is 1.56 bits per heavy atom. The molecule has 11 aromatic rings. The van der Waals surface area contributed by atoms with Crippen LogP contribution in [0.2, 0.25) is 0 Å². The Hall–Kier alpha value is -7.36. The van der Waals surface area contributed by atoms with E-state index in [1.807, 2.05) is 30.5 Å². The highest BCUT2D eigenvalue weighted by Gasteiger charge is 2.17. The number of fused-ring (bicyclic) bond motifs is 10. The van der Waals surface area contributed by atoms with Gasteiger partial charge in [0.2, 0.25) is 0 Å². The highest BCUT2D eigenvalue weighted by Crippen LogP contribution is 2.43. The number of hydrogen-bond acceptors (Lipinski definition) is 3. The van der Waals surface area contributed by atoms with Crippen LogP contribution in [-0.4, -0.2) is 9.97 Å². The predicted octanol–water partition coefficient (Wildman–Crippen LogP) is 14.2. The molecule has 0 aliphatic rings. The smallest absolute Gasteiger partial charge is 0.136 e. The van der Waals surface area contributed by atoms with Crippen LogP contribution in [0.4, 0.5) is 0 Å². The molecule has 0 atom stereocenters. The van der Waals surface area contributed by atoms with Crippen molar-refractivity contribution in [3.05, 3.63) is 194 Å². The van der Waals surface area contributed by atoms with Gasteiger partial charge in [0.25, 0.3) is 0 Å². The molecule has 3 heterocycles. The van der Waals surface area contributed by atoms with Crippen LogP contribution in [-0.2, 0) is 0 Å². The second-order valence-electron chi connectivity index (χ2n) is 14.1. The molecule has 3 aromatic heterocycles. The monoisotopic (exact) mass is 700 g/mol. The van der Waals surface area contributed by atoms with Crippen molar-refractivity contribution in [1.29, 1.82) is 0 Å². The van der Waals surface area contributed by atoms with Gasteiger partial charge in [0.05, 0.1) is 17.1 Å². The summed E-state index contributed by atoms with van der Waals surface area (Å²) in [5.74, 6) is 0. The Morgan fingerprint density at radius 2 is 0.836 bits per heavy atom. The standard InChI is InChI=1S/C52H32N2O/c1-2-10-33(11-3-1)39-31-47(54-48(32-39)37-23-21-35(22-24-37)46-15-8-9-29-53-46)36-19-17-34(18-20-36)38-25-26-41-43-27-28-50-52(44-14-6-7-16-49(44)55-50)51(43)42-13-5-4-12-40(42)45(41)30-38/h1-32H. The normalized spacial score (nSPS) is 11.6. The van der Waals surface area contributed by atoms with Gasteiger partial charge in [-0.1, -0.05) is 140 Å². The van der Waals surface area contributed by atoms with E-state index >= 15 is 0 Å². The van der Waals surface area contributed by atoms with Gasteiger partial charge in [0, 0.05) is 39.0 Å². The van der Waals surface area contributed by atoms with E-state index in [1.165, 1.54) is 43.3 Å². The summed E-state index contributed by atoms with van der Waals surface area (Å²) in [6, 6.07) is 66.7. The molecule has 256 valence electrons. The number of furan rings is 1. The molecule has 0 unspecified atom stereocenters. The van der Waals surface area contributed by atoms with E-state index in [9.17, 15) is 0 Å². The van der Waals surface area contributed by atoms with Gasteiger partial charge >= 0.3 is 0 Å². The zero-order valence-corrected chi connectivity index (χ0v) is 29.8. The number of hydrogen-bond donors (Lipinski definition) is 0. The highest BCUT2D eigenvalue weighted by molar-refractivity contribution is 6.34. The first kappa shape index (κ1) is 31.2. The molecule has 0 radical (unpaired) electrons. The molecule has 0 N–H and O–H groups in total. The van der Waals surface area contributed by atoms with Gasteiger partial charge in [-0.2, -0.15) is 0 Å². The molecule has 0 fully saturated rings. The number of benzene rings is 8. The van der Waals surface area contributed by atoms with Crippen LogP contribution < -0.4 is 0 Å². The van der Waals surface area contributed by atoms with Crippen LogP contribution in [0, 0.1) is 0 Å². The quantitative estimate of drug-likeness (QED) is 0.168. The van der Waals surface area contributed by atoms with E-state index in [4.69, 9.17) is 9.40 Å². The SMILES string of the molecule is c1ccc(-c2cc(-c3ccc(-c4ccc5c(c4)c4ccccc4c4c5ccc5oc6ccccc6c54)cc3)nc(-c3ccc(-c4ccccn4)cc3)c2)cc1. The summed E-state index contributed by atoms with van der Waals surface area (Å²) in [6.07, 6.45) is 1.83. The van der Waals surface area contributed by atoms with E-state index in [1.54, 1.807) is 0 Å². The maximum absolute atomic E-state index is 6.31. The van der Waals surface area contributed by atoms with Gasteiger partial charge in [0.15, 0.2) is 0 Å². The molecular formula is C52H32N2O. The summed E-state index contributed by atoms with van der Waals surface area (Å²) >= 11 is 0. The number of rotatable bonds is 5. The van der Waals surface area contributed by atoms with Crippen molar-refractivity contribution in [2.75, 3.05) is 0 Å². The van der Waals surface area contributed by atoms with Gasteiger partial charge in [-0.15, -0.1) is 0 Å². The van der Waals surface area contributed by atoms with Crippen molar-refractivity contribution >= 4 is 54.3 Å². The molecule has 0 aliphatic heterocycles. The lowest BCUT2D eigenvalue weighted by Gasteiger charge is -2.13. The minimum Gasteiger partial charge on any atom is -0.456 e. The first-order valence-corrected chi connectivity index (χ1v) is 18.6. The third-order valence-electron chi connectivity index (χ3n) is 10.9. The molecule has 0 aliphatic carbocycles. The van der Waals surface area contributed by atoms with Crippen LogP contribution in [0.3, 0.4) is 0 Å². The summed E-state index contributed by atoms with van der Waals surface area (Å²) in [6.45, 7) is 0. The van der Waals surface area contributed by atoms with Crippen LogP contribution in [0.15, 0.2) is 199 Å². The Labute approximate surface area is 317 Å². The molecule has 8 aromatic carbocycles. The average molecular weight is 701 g/mol. The van der Waals surface area contributed by atoms with Gasteiger partial charge in [-0.25, -0.2) is 4.98 Å². The molecule has 0 spiro atoms. The number of pyridine rings is 2. The van der Waals surface area contributed by atoms with Crippen molar-refractivity contribution in [2.24, 2.45) is 0 Å². The van der Waals surface area contributed by atoms with E-state index in [-0.39, 0.29) is 0 Å². The Bertz CT molecular complexity index is 3200. The zero-order chi connectivity index (χ0) is 36.3. The highest BCUT2D eigenvalue weighted by atomic mass is 16.3. The lowest BCUT2D eigenvalue weighted by Crippen LogP contribution is -1.92. The summed E-state index contributed by atoms with van der Waals surface area (Å²) in [4.78, 5) is 9.75. The minimum absolute atomic E-state index is 0.918. The van der Waals surface area contributed by atoms with Crippen LogP contribution in [0.5, 0.6) is 0 Å². The van der Waals surface area contributed by atoms with E-state index in [0.29, 0.717) is 0 Å². The van der Waals surface area contributed by atoms with Crippen molar-refractivity contribution < 1.29 is 4.42 Å². The number of nitrogens with zero attached hydrogens (tertiary/aromatic N) is 2. The zero-order valence-electron chi connectivity index (χ0n) is 29.8. The fourth-order valence-electron chi connectivity index (χ4n) is 8.24. The molecule has 0 amide bonds. The summed E-state index contributed by atoms with van der Waals surface area (Å²) < 4.78 is 6.31. The van der Waals surface area contributed by atoms with Crippen LogP contribution in [0.1, 0.15) is 0 Å². The van der Waals surface area contributed by atoms with Gasteiger partial charge in [-0.05, 0) is 97.7 Å². The van der Waals surface area contributed by atoms with Crippen molar-refractivity contribution in [3.63, 3.8) is 0 Å². The fraction of sp³-hybridized carbons (Fsp3) is 0. The van der Waals surface area contributed by atoms with E-state index < -0.39 is 0 Å². The summed E-state index contributed by atoms with van der Waals surface area (Å²) in [5, 5.41) is 9.78. The Balaban J connectivity index is 1.01. The predicted molar refractivity (Wildman–Crippen MR) is 229 cm³/mol. The van der Waals surface area contributed by atoms with Gasteiger partial charge < -0.3 is 4.42 Å². The van der Waals surface area contributed by atoms with Gasteiger partial charge in [-0.3, -0.25) is 4.98 Å². The van der Waals surface area contributed by atoms with E-state index in [0.717, 1.165) is 67.0 Å².